The van der Waals surface area contributed by atoms with Gasteiger partial charge in [-0.3, -0.25) is 0 Å². The summed E-state index contributed by atoms with van der Waals surface area (Å²) >= 11 is 6.06. The van der Waals surface area contributed by atoms with Gasteiger partial charge in [-0.25, -0.2) is 9.37 Å². The van der Waals surface area contributed by atoms with E-state index < -0.39 is 12.2 Å². The number of nitrogens with one attached hydrogen (secondary N) is 2. The van der Waals surface area contributed by atoms with Crippen LogP contribution >= 0.6 is 11.6 Å². The minimum atomic E-state index is -4.80. The lowest BCUT2D eigenvalue weighted by molar-refractivity contribution is -0.274. The number of halogens is 5. The lowest BCUT2D eigenvalue weighted by Gasteiger charge is -2.14. The molecule has 0 atom stereocenters. The van der Waals surface area contributed by atoms with Gasteiger partial charge in [-0.05, 0) is 44.2 Å². The minimum absolute atomic E-state index is 0.00223. The second-order valence-corrected chi connectivity index (χ2v) is 6.99. The number of hydrogen-bond acceptors (Lipinski definition) is 5. The van der Waals surface area contributed by atoms with Crippen molar-refractivity contribution in [2.24, 2.45) is 0 Å². The number of aromatic nitrogens is 2. The zero-order valence-corrected chi connectivity index (χ0v) is 16.6. The molecule has 158 valence electrons. The Morgan fingerprint density at radius 2 is 1.80 bits per heavy atom. The van der Waals surface area contributed by atoms with Crippen LogP contribution in [-0.2, 0) is 0 Å². The summed E-state index contributed by atoms with van der Waals surface area (Å²) in [5.74, 6) is -0.283. The fourth-order valence-electron chi connectivity index (χ4n) is 2.56. The van der Waals surface area contributed by atoms with E-state index in [1.54, 1.807) is 6.07 Å². The molecule has 0 bridgehead atoms. The molecular weight excluding hydrogens is 424 g/mol. The van der Waals surface area contributed by atoms with Crippen LogP contribution in [0.5, 0.6) is 5.75 Å². The van der Waals surface area contributed by atoms with E-state index in [-0.39, 0.29) is 22.8 Å². The molecule has 0 radical (unpaired) electrons. The van der Waals surface area contributed by atoms with Gasteiger partial charge in [0.15, 0.2) is 0 Å². The van der Waals surface area contributed by atoms with Crippen LogP contribution in [0.25, 0.3) is 11.3 Å². The molecule has 2 N–H and O–H groups in total. The standard InChI is InChI=1S/C20H17ClF4N4O/c1-11(2)26-19-28-17(12-4-3-5-14(8-12)30-20(23,24)25)10-18(29-19)27-16-7-6-13(22)9-15(16)21/h3-11H,1-2H3,(H2,26,27,28,29). The quantitative estimate of drug-likeness (QED) is 0.434. The number of nitrogens with zero attached hydrogens (tertiary/aromatic N) is 2. The Hall–Kier alpha value is -3.07. The second-order valence-electron chi connectivity index (χ2n) is 6.59. The normalized spacial score (nSPS) is 11.5. The zero-order chi connectivity index (χ0) is 21.9. The highest BCUT2D eigenvalue weighted by Crippen LogP contribution is 2.31. The van der Waals surface area contributed by atoms with Crippen LogP contribution in [0, 0.1) is 5.82 Å². The molecule has 2 aromatic carbocycles. The van der Waals surface area contributed by atoms with Gasteiger partial charge in [0.1, 0.15) is 17.4 Å². The van der Waals surface area contributed by atoms with Crippen LogP contribution in [0.2, 0.25) is 5.02 Å². The summed E-state index contributed by atoms with van der Waals surface area (Å²) in [5, 5.41) is 6.17. The molecule has 1 aromatic heterocycles. The average molecular weight is 441 g/mol. The fourth-order valence-corrected chi connectivity index (χ4v) is 2.78. The predicted molar refractivity (Wildman–Crippen MR) is 108 cm³/mol. The van der Waals surface area contributed by atoms with E-state index in [4.69, 9.17) is 11.6 Å². The summed E-state index contributed by atoms with van der Waals surface area (Å²) in [6, 6.07) is 10.8. The predicted octanol–water partition coefficient (Wildman–Crippen LogP) is 6.40. The maximum Gasteiger partial charge on any atom is 0.573 e. The van der Waals surface area contributed by atoms with E-state index in [2.05, 4.69) is 25.3 Å². The molecule has 0 aliphatic heterocycles. The van der Waals surface area contributed by atoms with Crippen molar-refractivity contribution >= 4 is 29.1 Å². The number of anilines is 3. The smallest absolute Gasteiger partial charge is 0.406 e. The van der Waals surface area contributed by atoms with Crippen LogP contribution in [-0.4, -0.2) is 22.4 Å². The van der Waals surface area contributed by atoms with E-state index >= 15 is 0 Å². The first-order valence-corrected chi connectivity index (χ1v) is 9.21. The van der Waals surface area contributed by atoms with Crippen molar-refractivity contribution in [2.75, 3.05) is 10.6 Å². The average Bonchev–Trinajstić information content (AvgIpc) is 2.62. The summed E-state index contributed by atoms with van der Waals surface area (Å²) < 4.78 is 54.9. The largest absolute Gasteiger partial charge is 0.573 e. The molecule has 30 heavy (non-hydrogen) atoms. The summed E-state index contributed by atoms with van der Waals surface area (Å²) in [6.07, 6.45) is -4.80. The van der Waals surface area contributed by atoms with E-state index in [0.29, 0.717) is 22.8 Å². The topological polar surface area (TPSA) is 59.1 Å². The second kappa shape index (κ2) is 8.74. The molecule has 0 saturated heterocycles. The molecule has 0 spiro atoms. The van der Waals surface area contributed by atoms with Gasteiger partial charge in [0, 0.05) is 17.7 Å². The molecule has 10 heteroatoms. The third kappa shape index (κ3) is 5.96. The first-order chi connectivity index (χ1) is 14.1. The van der Waals surface area contributed by atoms with Gasteiger partial charge in [-0.2, -0.15) is 4.98 Å². The van der Waals surface area contributed by atoms with Crippen LogP contribution in [0.3, 0.4) is 0 Å². The van der Waals surface area contributed by atoms with Crippen LogP contribution < -0.4 is 15.4 Å². The van der Waals surface area contributed by atoms with Gasteiger partial charge in [0.2, 0.25) is 5.95 Å². The molecule has 0 unspecified atom stereocenters. The van der Waals surface area contributed by atoms with Crippen LogP contribution in [0.4, 0.5) is 35.0 Å². The Morgan fingerprint density at radius 1 is 1.03 bits per heavy atom. The number of benzene rings is 2. The van der Waals surface area contributed by atoms with E-state index in [9.17, 15) is 17.6 Å². The number of ether oxygens (including phenoxy) is 1. The van der Waals surface area contributed by atoms with Gasteiger partial charge in [-0.15, -0.1) is 13.2 Å². The minimum Gasteiger partial charge on any atom is -0.406 e. The highest BCUT2D eigenvalue weighted by Gasteiger charge is 2.31. The van der Waals surface area contributed by atoms with Crippen molar-refractivity contribution in [3.63, 3.8) is 0 Å². The lowest BCUT2D eigenvalue weighted by atomic mass is 10.1. The maximum atomic E-state index is 13.3. The van der Waals surface area contributed by atoms with Crippen molar-refractivity contribution in [1.29, 1.82) is 0 Å². The Labute approximate surface area is 175 Å². The highest BCUT2D eigenvalue weighted by molar-refractivity contribution is 6.33. The summed E-state index contributed by atoms with van der Waals surface area (Å²) in [4.78, 5) is 8.71. The van der Waals surface area contributed by atoms with Gasteiger partial charge >= 0.3 is 6.36 Å². The summed E-state index contributed by atoms with van der Waals surface area (Å²) in [5.41, 5.74) is 1.15. The van der Waals surface area contributed by atoms with Crippen molar-refractivity contribution in [2.45, 2.75) is 26.3 Å². The maximum absolute atomic E-state index is 13.3. The monoisotopic (exact) mass is 440 g/mol. The molecule has 0 saturated carbocycles. The molecule has 0 aliphatic carbocycles. The van der Waals surface area contributed by atoms with Gasteiger partial charge in [-0.1, -0.05) is 23.7 Å². The SMILES string of the molecule is CC(C)Nc1nc(Nc2ccc(F)cc2Cl)cc(-c2cccc(OC(F)(F)F)c2)n1. The molecule has 0 fully saturated rings. The van der Waals surface area contributed by atoms with Crippen molar-refractivity contribution in [3.05, 3.63) is 59.4 Å². The first kappa shape index (κ1) is 21.6. The Balaban J connectivity index is 2.00. The highest BCUT2D eigenvalue weighted by atomic mass is 35.5. The van der Waals surface area contributed by atoms with Crippen LogP contribution in [0.1, 0.15) is 13.8 Å². The molecule has 3 rings (SSSR count). The molecule has 1 heterocycles. The Morgan fingerprint density at radius 3 is 2.47 bits per heavy atom. The number of hydrogen-bond donors (Lipinski definition) is 2. The van der Waals surface area contributed by atoms with Gasteiger partial charge in [0.25, 0.3) is 0 Å². The Kier molecular flexibility index (Phi) is 6.31. The third-order valence-corrected chi connectivity index (χ3v) is 4.01. The Bertz CT molecular complexity index is 1040. The number of alkyl halides is 3. The van der Waals surface area contributed by atoms with E-state index in [0.717, 1.165) is 6.07 Å². The molecule has 3 aromatic rings. The van der Waals surface area contributed by atoms with Crippen LogP contribution in [0.15, 0.2) is 48.5 Å². The summed E-state index contributed by atoms with van der Waals surface area (Å²) in [7, 11) is 0. The lowest BCUT2D eigenvalue weighted by Crippen LogP contribution is -2.17. The molecule has 5 nitrogen and oxygen atoms in total. The first-order valence-electron chi connectivity index (χ1n) is 8.83. The molecule has 0 amide bonds. The fraction of sp³-hybridized carbons (Fsp3) is 0.200. The van der Waals surface area contributed by atoms with Crippen molar-refractivity contribution in [3.8, 4) is 17.0 Å². The van der Waals surface area contributed by atoms with Crippen molar-refractivity contribution in [1.82, 2.24) is 9.97 Å². The van der Waals surface area contributed by atoms with E-state index in [1.807, 2.05) is 13.8 Å². The van der Waals surface area contributed by atoms with E-state index in [1.165, 1.54) is 36.4 Å². The molecular formula is C20H17ClF4N4O. The molecule has 0 aliphatic rings. The summed E-state index contributed by atoms with van der Waals surface area (Å²) in [6.45, 7) is 3.77. The zero-order valence-electron chi connectivity index (χ0n) is 15.9. The number of rotatable bonds is 6. The van der Waals surface area contributed by atoms with Gasteiger partial charge in [0.05, 0.1) is 16.4 Å². The van der Waals surface area contributed by atoms with Crippen molar-refractivity contribution < 1.29 is 22.3 Å². The third-order valence-electron chi connectivity index (χ3n) is 3.70. The van der Waals surface area contributed by atoms with Gasteiger partial charge < -0.3 is 15.4 Å².